The minimum Gasteiger partial charge on any atom is -0.424 e. The Morgan fingerprint density at radius 2 is 2.21 bits per heavy atom. The van der Waals surface area contributed by atoms with Gasteiger partial charge < -0.3 is 14.7 Å². The zero-order valence-corrected chi connectivity index (χ0v) is 19.6. The Hall–Kier alpha value is -3.63. The number of allylic oxidation sites excluding steroid dienone is 3. The highest BCUT2D eigenvalue weighted by molar-refractivity contribution is 5.91. The number of fused-ring (bicyclic) bond motifs is 1. The zero-order chi connectivity index (χ0) is 23.8. The number of hydrazine groups is 1. The third-order valence-electron chi connectivity index (χ3n) is 5.65. The van der Waals surface area contributed by atoms with Crippen LogP contribution < -0.4 is 16.0 Å². The van der Waals surface area contributed by atoms with Crippen molar-refractivity contribution < 1.29 is 4.74 Å². The first-order valence-corrected chi connectivity index (χ1v) is 11.3. The Balaban J connectivity index is 2.07. The summed E-state index contributed by atoms with van der Waals surface area (Å²) in [5.74, 6) is 7.03. The van der Waals surface area contributed by atoms with Crippen LogP contribution in [-0.4, -0.2) is 16.8 Å². The molecule has 172 valence electrons. The second kappa shape index (κ2) is 11.3. The topological polar surface area (TPSA) is 101 Å². The molecule has 1 atom stereocenters. The number of benzene rings is 1. The van der Waals surface area contributed by atoms with Crippen molar-refractivity contribution in [3.05, 3.63) is 66.2 Å². The largest absolute Gasteiger partial charge is 0.424 e. The van der Waals surface area contributed by atoms with Crippen molar-refractivity contribution >= 4 is 23.1 Å². The molecule has 3 rings (SSSR count). The molecule has 0 bridgehead atoms. The van der Waals surface area contributed by atoms with Crippen LogP contribution in [0.25, 0.3) is 10.9 Å². The van der Waals surface area contributed by atoms with Gasteiger partial charge in [0.15, 0.2) is 0 Å². The van der Waals surface area contributed by atoms with Crippen molar-refractivity contribution in [1.29, 1.82) is 5.26 Å². The van der Waals surface area contributed by atoms with Crippen LogP contribution in [0.4, 0.5) is 0 Å². The SMILES string of the molecule is C=CN=C(/N=C\C)Oc1ccc2c(C#N)c(C(C)C/C=C(\C=C/C)NN)n(CC3CC3)c2c1. The van der Waals surface area contributed by atoms with E-state index in [0.717, 1.165) is 40.8 Å². The van der Waals surface area contributed by atoms with Gasteiger partial charge in [0.2, 0.25) is 0 Å². The fourth-order valence-corrected chi connectivity index (χ4v) is 3.95. The van der Waals surface area contributed by atoms with Crippen molar-refractivity contribution in [3.8, 4) is 11.8 Å². The predicted molar refractivity (Wildman–Crippen MR) is 135 cm³/mol. The van der Waals surface area contributed by atoms with Crippen molar-refractivity contribution in [1.82, 2.24) is 9.99 Å². The van der Waals surface area contributed by atoms with E-state index in [1.54, 1.807) is 13.1 Å². The molecule has 3 N–H and O–H groups in total. The first-order valence-electron chi connectivity index (χ1n) is 11.3. The van der Waals surface area contributed by atoms with Gasteiger partial charge in [-0.25, -0.2) is 9.98 Å². The molecule has 1 unspecified atom stereocenters. The average molecular weight is 445 g/mol. The second-order valence-corrected chi connectivity index (χ2v) is 8.13. The lowest BCUT2D eigenvalue weighted by Crippen LogP contribution is -2.20. The Bertz CT molecular complexity index is 1160. The standard InChI is InChI=1S/C26H32N6O/c1-5-8-20(31-28)12-9-18(4)25-23(16-27)22-14-13-21(33-26(29-6-2)30-7-3)15-24(22)32(25)17-19-10-11-19/h5-8,12-15,18-19,31H,2,9-11,17,28H2,1,3-4H3/b8-5-,20-12+,29-26?,30-7-. The minimum atomic E-state index is 0.131. The number of aromatic nitrogens is 1. The summed E-state index contributed by atoms with van der Waals surface area (Å²) < 4.78 is 8.19. The van der Waals surface area contributed by atoms with Gasteiger partial charge >= 0.3 is 6.02 Å². The Labute approximate surface area is 195 Å². The second-order valence-electron chi connectivity index (χ2n) is 8.13. The van der Waals surface area contributed by atoms with Crippen LogP contribution in [0.2, 0.25) is 0 Å². The fraction of sp³-hybridized carbons (Fsp3) is 0.346. The van der Waals surface area contributed by atoms with E-state index >= 15 is 0 Å². The summed E-state index contributed by atoms with van der Waals surface area (Å²) in [4.78, 5) is 8.22. The average Bonchev–Trinajstić information content (AvgIpc) is 3.58. The summed E-state index contributed by atoms with van der Waals surface area (Å²) in [6, 6.07) is 8.46. The van der Waals surface area contributed by atoms with Crippen LogP contribution in [0, 0.1) is 17.2 Å². The quantitative estimate of drug-likeness (QED) is 0.180. The molecule has 0 saturated heterocycles. The molecule has 0 aliphatic heterocycles. The molecule has 1 saturated carbocycles. The van der Waals surface area contributed by atoms with Gasteiger partial charge in [0.1, 0.15) is 11.8 Å². The van der Waals surface area contributed by atoms with E-state index in [4.69, 9.17) is 10.6 Å². The third kappa shape index (κ3) is 5.79. The maximum atomic E-state index is 10.1. The first kappa shape index (κ1) is 24.0. The van der Waals surface area contributed by atoms with E-state index in [9.17, 15) is 5.26 Å². The molecule has 7 nitrogen and oxygen atoms in total. The predicted octanol–water partition coefficient (Wildman–Crippen LogP) is 5.31. The van der Waals surface area contributed by atoms with Crippen LogP contribution in [0.3, 0.4) is 0 Å². The third-order valence-corrected chi connectivity index (χ3v) is 5.65. The molecular formula is C26H32N6O. The summed E-state index contributed by atoms with van der Waals surface area (Å²) in [5.41, 5.74) is 6.34. The van der Waals surface area contributed by atoms with E-state index in [1.165, 1.54) is 19.0 Å². The van der Waals surface area contributed by atoms with Gasteiger partial charge in [0, 0.05) is 47.7 Å². The highest BCUT2D eigenvalue weighted by Crippen LogP contribution is 2.39. The molecule has 1 heterocycles. The minimum absolute atomic E-state index is 0.131. The maximum Gasteiger partial charge on any atom is 0.321 e. The Kier molecular flexibility index (Phi) is 8.22. The normalized spacial score (nSPS) is 15.8. The van der Waals surface area contributed by atoms with Crippen molar-refractivity contribution in [2.75, 3.05) is 0 Å². The summed E-state index contributed by atoms with van der Waals surface area (Å²) in [6.07, 6.45) is 12.2. The van der Waals surface area contributed by atoms with Crippen LogP contribution in [0.1, 0.15) is 57.2 Å². The molecule has 0 amide bonds. The molecular weight excluding hydrogens is 412 g/mol. The number of nitrogens with zero attached hydrogens (tertiary/aromatic N) is 4. The van der Waals surface area contributed by atoms with E-state index < -0.39 is 0 Å². The molecule has 0 spiro atoms. The molecule has 7 heteroatoms. The summed E-state index contributed by atoms with van der Waals surface area (Å²) in [5, 5.41) is 11.0. The number of rotatable bonds is 9. The number of nitrogens with two attached hydrogens (primary N) is 1. The van der Waals surface area contributed by atoms with Crippen molar-refractivity contribution in [3.63, 3.8) is 0 Å². The molecule has 0 radical (unpaired) electrons. The van der Waals surface area contributed by atoms with Gasteiger partial charge in [0.25, 0.3) is 0 Å². The van der Waals surface area contributed by atoms with E-state index in [2.05, 4.69) is 45.6 Å². The first-order chi connectivity index (χ1) is 16.1. The number of ether oxygens (including phenoxy) is 1. The number of amidine groups is 1. The number of nitriles is 1. The monoisotopic (exact) mass is 444 g/mol. The lowest BCUT2D eigenvalue weighted by atomic mass is 9.98. The number of hydrogen-bond donors (Lipinski definition) is 2. The Morgan fingerprint density at radius 1 is 1.42 bits per heavy atom. The maximum absolute atomic E-state index is 10.1. The highest BCUT2D eigenvalue weighted by atomic mass is 16.5. The van der Waals surface area contributed by atoms with Crippen molar-refractivity contribution in [2.24, 2.45) is 21.7 Å². The smallest absolute Gasteiger partial charge is 0.321 e. The van der Waals surface area contributed by atoms with Crippen LogP contribution >= 0.6 is 0 Å². The summed E-state index contributed by atoms with van der Waals surface area (Å²) in [6.45, 7) is 10.4. The number of aliphatic imine (C=N–C) groups is 2. The number of nitrogens with one attached hydrogen (secondary N) is 1. The molecule has 1 aromatic carbocycles. The molecule has 33 heavy (non-hydrogen) atoms. The van der Waals surface area contributed by atoms with Gasteiger partial charge in [-0.15, -0.1) is 0 Å². The summed E-state index contributed by atoms with van der Waals surface area (Å²) in [7, 11) is 0. The van der Waals surface area contributed by atoms with Gasteiger partial charge in [-0.05, 0) is 57.2 Å². The molecule has 1 aliphatic carbocycles. The van der Waals surface area contributed by atoms with Gasteiger partial charge in [-0.3, -0.25) is 5.84 Å². The van der Waals surface area contributed by atoms with Gasteiger partial charge in [-0.2, -0.15) is 5.26 Å². The molecule has 1 aliphatic rings. The highest BCUT2D eigenvalue weighted by Gasteiger charge is 2.28. The lowest BCUT2D eigenvalue weighted by molar-refractivity contribution is 0.542. The van der Waals surface area contributed by atoms with E-state index in [1.807, 2.05) is 37.3 Å². The summed E-state index contributed by atoms with van der Waals surface area (Å²) >= 11 is 0. The Morgan fingerprint density at radius 3 is 2.82 bits per heavy atom. The van der Waals surface area contributed by atoms with E-state index in [-0.39, 0.29) is 11.9 Å². The van der Waals surface area contributed by atoms with Crippen LogP contribution in [0.15, 0.2) is 64.9 Å². The molecule has 1 aromatic heterocycles. The fourth-order valence-electron chi connectivity index (χ4n) is 3.95. The van der Waals surface area contributed by atoms with Gasteiger partial charge in [-0.1, -0.05) is 25.7 Å². The van der Waals surface area contributed by atoms with Crippen molar-refractivity contribution in [2.45, 2.75) is 52.5 Å². The number of hydrogen-bond acceptors (Lipinski definition) is 5. The van der Waals surface area contributed by atoms with Crippen LogP contribution in [0.5, 0.6) is 5.75 Å². The van der Waals surface area contributed by atoms with Gasteiger partial charge in [0.05, 0.1) is 11.1 Å². The molecule has 2 aromatic rings. The van der Waals surface area contributed by atoms with Crippen LogP contribution in [-0.2, 0) is 6.54 Å². The van der Waals surface area contributed by atoms with E-state index in [0.29, 0.717) is 11.7 Å². The molecule has 1 fully saturated rings. The zero-order valence-electron chi connectivity index (χ0n) is 19.6. The lowest BCUT2D eigenvalue weighted by Gasteiger charge is -2.16.